The Labute approximate surface area is 223 Å². The van der Waals surface area contributed by atoms with Crippen LogP contribution in [0.2, 0.25) is 0 Å². The van der Waals surface area contributed by atoms with Crippen LogP contribution in [0, 0.1) is 13.8 Å². The number of nitrogens with one attached hydrogen (secondary N) is 2. The second-order valence-corrected chi connectivity index (χ2v) is 11.5. The number of aryl methyl sites for hydroxylation is 1. The van der Waals surface area contributed by atoms with Crippen molar-refractivity contribution in [1.82, 2.24) is 15.5 Å². The van der Waals surface area contributed by atoms with Crippen LogP contribution >= 0.6 is 11.8 Å². The number of nitrogens with zero attached hydrogens (tertiary/aromatic N) is 1. The Kier molecular flexibility index (Phi) is 9.56. The molecule has 1 fully saturated rings. The van der Waals surface area contributed by atoms with Crippen LogP contribution in [0.5, 0.6) is 0 Å². The van der Waals surface area contributed by atoms with Crippen molar-refractivity contribution in [3.8, 4) is 0 Å². The van der Waals surface area contributed by atoms with E-state index in [0.29, 0.717) is 12.1 Å². The van der Waals surface area contributed by atoms with Crippen molar-refractivity contribution < 1.29 is 19.5 Å². The smallest absolute Gasteiger partial charge is 0.254 e. The van der Waals surface area contributed by atoms with Crippen LogP contribution in [0.1, 0.15) is 47.8 Å². The van der Waals surface area contributed by atoms with Crippen LogP contribution in [0.15, 0.2) is 60.7 Å². The summed E-state index contributed by atoms with van der Waals surface area (Å²) < 4.78 is -0.535. The van der Waals surface area contributed by atoms with Gasteiger partial charge in [0.05, 0.1) is 11.9 Å². The Morgan fingerprint density at radius 3 is 2.51 bits per heavy atom. The first-order chi connectivity index (χ1) is 17.6. The first kappa shape index (κ1) is 28.5. The summed E-state index contributed by atoms with van der Waals surface area (Å²) in [4.78, 5) is 41.4. The summed E-state index contributed by atoms with van der Waals surface area (Å²) in [6.45, 7) is 9.87. The molecule has 0 unspecified atom stereocenters. The lowest BCUT2D eigenvalue weighted by molar-refractivity contribution is -0.147. The predicted octanol–water partition coefficient (Wildman–Crippen LogP) is 3.38. The van der Waals surface area contributed by atoms with Crippen LogP contribution in [0.4, 0.5) is 0 Å². The molecule has 0 spiro atoms. The number of aliphatic hydroxyl groups excluding tert-OH is 1. The zero-order chi connectivity index (χ0) is 27.2. The van der Waals surface area contributed by atoms with Crippen LogP contribution < -0.4 is 10.6 Å². The molecule has 8 heteroatoms. The van der Waals surface area contributed by atoms with E-state index in [2.05, 4.69) is 10.6 Å². The number of allylic oxidation sites excluding steroid dienone is 1. The molecule has 1 aliphatic rings. The summed E-state index contributed by atoms with van der Waals surface area (Å²) in [5.41, 5.74) is 3.19. The van der Waals surface area contributed by atoms with Gasteiger partial charge in [-0.25, -0.2) is 0 Å². The van der Waals surface area contributed by atoms with Gasteiger partial charge >= 0.3 is 0 Å². The highest BCUT2D eigenvalue weighted by atomic mass is 32.2. The molecule has 3 rings (SSSR count). The molecule has 1 heterocycles. The van der Waals surface area contributed by atoms with Gasteiger partial charge in [-0.1, -0.05) is 54.6 Å². The Hall–Kier alpha value is -3.10. The van der Waals surface area contributed by atoms with Crippen LogP contribution in [-0.4, -0.2) is 63.1 Å². The molecule has 0 aliphatic carbocycles. The Morgan fingerprint density at radius 2 is 1.84 bits per heavy atom. The summed E-state index contributed by atoms with van der Waals surface area (Å²) in [6, 6.07) is 13.2. The first-order valence-corrected chi connectivity index (χ1v) is 13.5. The van der Waals surface area contributed by atoms with Gasteiger partial charge in [0, 0.05) is 16.9 Å². The van der Waals surface area contributed by atoms with Crippen LogP contribution in [0.3, 0.4) is 0 Å². The van der Waals surface area contributed by atoms with Crippen LogP contribution in [-0.2, 0) is 16.0 Å². The van der Waals surface area contributed by atoms with E-state index in [1.807, 2.05) is 89.2 Å². The van der Waals surface area contributed by atoms with Gasteiger partial charge in [0.2, 0.25) is 5.91 Å². The second kappa shape index (κ2) is 12.4. The third-order valence-corrected chi connectivity index (χ3v) is 8.18. The van der Waals surface area contributed by atoms with Gasteiger partial charge in [0.25, 0.3) is 11.8 Å². The Balaban J connectivity index is 1.87. The number of amides is 3. The molecule has 37 heavy (non-hydrogen) atoms. The molecule has 7 nitrogen and oxygen atoms in total. The minimum Gasteiger partial charge on any atom is -0.381 e. The van der Waals surface area contributed by atoms with Gasteiger partial charge < -0.3 is 20.6 Å². The highest BCUT2D eigenvalue weighted by molar-refractivity contribution is 8.00. The lowest BCUT2D eigenvalue weighted by atomic mass is 9.96. The molecule has 2 aromatic carbocycles. The summed E-state index contributed by atoms with van der Waals surface area (Å²) in [7, 11) is 0. The van der Waals surface area contributed by atoms with E-state index < -0.39 is 28.8 Å². The van der Waals surface area contributed by atoms with E-state index in [0.717, 1.165) is 16.7 Å². The Morgan fingerprint density at radius 1 is 1.14 bits per heavy atom. The number of hydrogen-bond acceptors (Lipinski definition) is 5. The third kappa shape index (κ3) is 6.81. The summed E-state index contributed by atoms with van der Waals surface area (Å²) >= 11 is 1.49. The SMILES string of the molecule is C/C=C\CNC(=O)[C@H]1N(C(=O)[C@@H](O)[C@H](Cc2ccccc2)NC(=O)c2cccc(C)c2C)CSC1(C)C. The van der Waals surface area contributed by atoms with Crippen molar-refractivity contribution in [2.45, 2.75) is 64.0 Å². The average Bonchev–Trinajstić information content (AvgIpc) is 3.19. The molecular weight excluding hydrogens is 486 g/mol. The monoisotopic (exact) mass is 523 g/mol. The van der Waals surface area contributed by atoms with E-state index in [1.54, 1.807) is 6.07 Å². The van der Waals surface area contributed by atoms with Crippen molar-refractivity contribution in [1.29, 1.82) is 0 Å². The van der Waals surface area contributed by atoms with E-state index in [1.165, 1.54) is 16.7 Å². The molecular formula is C29H37N3O4S. The van der Waals surface area contributed by atoms with Crippen molar-refractivity contribution in [2.24, 2.45) is 0 Å². The number of carbonyl (C=O) groups is 3. The van der Waals surface area contributed by atoms with Gasteiger partial charge in [-0.2, -0.15) is 0 Å². The molecule has 0 radical (unpaired) electrons. The molecule has 0 saturated carbocycles. The number of hydrogen-bond donors (Lipinski definition) is 3. The number of benzene rings is 2. The highest BCUT2D eigenvalue weighted by Gasteiger charge is 2.49. The van der Waals surface area contributed by atoms with Gasteiger partial charge in [-0.05, 0) is 63.8 Å². The lowest BCUT2D eigenvalue weighted by Crippen LogP contribution is -2.58. The van der Waals surface area contributed by atoms with Crippen molar-refractivity contribution in [3.05, 3.63) is 82.9 Å². The topological polar surface area (TPSA) is 98.7 Å². The Bertz CT molecular complexity index is 1150. The maximum atomic E-state index is 13.7. The fourth-order valence-electron chi connectivity index (χ4n) is 4.48. The van der Waals surface area contributed by atoms with Gasteiger partial charge in [0.15, 0.2) is 6.10 Å². The van der Waals surface area contributed by atoms with Crippen LogP contribution in [0.25, 0.3) is 0 Å². The van der Waals surface area contributed by atoms with Gasteiger partial charge in [-0.15, -0.1) is 11.8 Å². The van der Waals surface area contributed by atoms with Crippen molar-refractivity contribution >= 4 is 29.5 Å². The van der Waals surface area contributed by atoms with Crippen molar-refractivity contribution in [3.63, 3.8) is 0 Å². The molecule has 1 saturated heterocycles. The lowest BCUT2D eigenvalue weighted by Gasteiger charge is -2.33. The van der Waals surface area contributed by atoms with E-state index in [4.69, 9.17) is 0 Å². The fraction of sp³-hybridized carbons (Fsp3) is 0.414. The maximum Gasteiger partial charge on any atom is 0.254 e. The summed E-state index contributed by atoms with van der Waals surface area (Å²) in [6.07, 6.45) is 2.39. The molecule has 2 aromatic rings. The molecule has 3 amide bonds. The highest BCUT2D eigenvalue weighted by Crippen LogP contribution is 2.39. The van der Waals surface area contributed by atoms with E-state index in [-0.39, 0.29) is 24.1 Å². The molecule has 0 bridgehead atoms. The summed E-state index contributed by atoms with van der Waals surface area (Å²) in [5, 5.41) is 17.1. The molecule has 3 N–H and O–H groups in total. The van der Waals surface area contributed by atoms with E-state index >= 15 is 0 Å². The predicted molar refractivity (Wildman–Crippen MR) is 148 cm³/mol. The quantitative estimate of drug-likeness (QED) is 0.438. The van der Waals surface area contributed by atoms with Gasteiger partial charge in [0.1, 0.15) is 6.04 Å². The zero-order valence-corrected chi connectivity index (χ0v) is 23.0. The number of carbonyl (C=O) groups excluding carboxylic acids is 3. The standard InChI is InChI=1S/C29H37N3O4S/c1-6-7-16-30-27(35)25-29(4,5)37-18-32(25)28(36)24(33)23(17-21-13-9-8-10-14-21)31-26(34)22-15-11-12-19(2)20(22)3/h6-15,23-25,33H,16-18H2,1-5H3,(H,30,35)(H,31,34)/b7-6-/t23-,24-,25+/m0/s1. The molecule has 198 valence electrons. The van der Waals surface area contributed by atoms with E-state index in [9.17, 15) is 19.5 Å². The average molecular weight is 524 g/mol. The maximum absolute atomic E-state index is 13.7. The molecule has 0 aromatic heterocycles. The van der Waals surface area contributed by atoms with Crippen molar-refractivity contribution in [2.75, 3.05) is 12.4 Å². The normalized spacial score (nSPS) is 18.4. The summed E-state index contributed by atoms with van der Waals surface area (Å²) in [5.74, 6) is -0.932. The fourth-order valence-corrected chi connectivity index (χ4v) is 5.62. The first-order valence-electron chi connectivity index (χ1n) is 12.5. The van der Waals surface area contributed by atoms with Gasteiger partial charge in [-0.3, -0.25) is 14.4 Å². The molecule has 1 aliphatic heterocycles. The minimum absolute atomic E-state index is 0.257. The second-order valence-electron chi connectivity index (χ2n) is 9.86. The number of rotatable bonds is 9. The molecule has 3 atom stereocenters. The third-order valence-electron chi connectivity index (χ3n) is 6.81. The largest absolute Gasteiger partial charge is 0.381 e. The number of aliphatic hydroxyl groups is 1. The number of thioether (sulfide) groups is 1. The zero-order valence-electron chi connectivity index (χ0n) is 22.2. The minimum atomic E-state index is -1.53.